The summed E-state index contributed by atoms with van der Waals surface area (Å²) >= 11 is 0. The number of hydrogen-bond donors (Lipinski definition) is 1. The Morgan fingerprint density at radius 2 is 2.11 bits per heavy atom. The Morgan fingerprint density at radius 1 is 1.37 bits per heavy atom. The summed E-state index contributed by atoms with van der Waals surface area (Å²) in [4.78, 5) is 17.0. The van der Waals surface area contributed by atoms with Gasteiger partial charge in [0.15, 0.2) is 0 Å². The van der Waals surface area contributed by atoms with Crippen LogP contribution < -0.4 is 5.32 Å². The zero-order valence-electron chi connectivity index (χ0n) is 16.4. The fourth-order valence-corrected chi connectivity index (χ4v) is 3.88. The number of carbonyl (C=O) groups is 1. The number of fused-ring (bicyclic) bond motifs is 1. The second kappa shape index (κ2) is 7.45. The fourth-order valence-electron chi connectivity index (χ4n) is 3.88. The largest absolute Gasteiger partial charge is 0.444 e. The topological polar surface area (TPSA) is 68.6 Å². The molecular weight excluding hydrogens is 347 g/mol. The average molecular weight is 374 g/mol. The van der Waals surface area contributed by atoms with Gasteiger partial charge in [-0.3, -0.25) is 9.80 Å². The molecule has 2 heterocycles. The number of halogens is 1. The number of hydrogen-bond acceptors (Lipinski definition) is 5. The van der Waals surface area contributed by atoms with Crippen LogP contribution in [0.3, 0.4) is 0 Å². The van der Waals surface area contributed by atoms with Gasteiger partial charge < -0.3 is 10.1 Å². The number of rotatable bonds is 1. The van der Waals surface area contributed by atoms with E-state index in [-0.39, 0.29) is 23.7 Å². The molecule has 2 fully saturated rings. The Hall–Kier alpha value is -2.17. The van der Waals surface area contributed by atoms with Gasteiger partial charge in [0.2, 0.25) is 0 Å². The lowest BCUT2D eigenvalue weighted by molar-refractivity contribution is -0.0213. The van der Waals surface area contributed by atoms with Crippen molar-refractivity contribution in [2.75, 3.05) is 32.7 Å². The molecule has 27 heavy (non-hydrogen) atoms. The Morgan fingerprint density at radius 3 is 2.78 bits per heavy atom. The zero-order valence-corrected chi connectivity index (χ0v) is 16.4. The van der Waals surface area contributed by atoms with Crippen LogP contribution in [0.4, 0.5) is 9.18 Å². The lowest BCUT2D eigenvalue weighted by Crippen LogP contribution is -2.63. The van der Waals surface area contributed by atoms with Gasteiger partial charge in [0.05, 0.1) is 11.6 Å². The Bertz CT molecular complexity index is 768. The van der Waals surface area contributed by atoms with Crippen LogP contribution in [0, 0.1) is 24.1 Å². The summed E-state index contributed by atoms with van der Waals surface area (Å²) in [6.07, 6.45) is -0.375. The molecule has 0 saturated carbocycles. The molecule has 2 atom stereocenters. The van der Waals surface area contributed by atoms with Crippen LogP contribution >= 0.6 is 0 Å². The summed E-state index contributed by atoms with van der Waals surface area (Å²) in [6, 6.07) is 4.90. The smallest absolute Gasteiger partial charge is 0.410 e. The van der Waals surface area contributed by atoms with Gasteiger partial charge in [0.1, 0.15) is 17.5 Å². The molecular formula is C20H27FN4O2. The highest BCUT2D eigenvalue weighted by atomic mass is 19.1. The van der Waals surface area contributed by atoms with Gasteiger partial charge in [-0.2, -0.15) is 5.26 Å². The molecule has 2 saturated heterocycles. The van der Waals surface area contributed by atoms with E-state index in [4.69, 9.17) is 4.74 Å². The van der Waals surface area contributed by atoms with Gasteiger partial charge in [0, 0.05) is 38.8 Å². The summed E-state index contributed by atoms with van der Waals surface area (Å²) < 4.78 is 19.6. The minimum atomic E-state index is -0.598. The van der Waals surface area contributed by atoms with Crippen molar-refractivity contribution in [2.45, 2.75) is 45.4 Å². The number of piperazine rings is 2. The normalized spacial score (nSPS) is 23.5. The summed E-state index contributed by atoms with van der Waals surface area (Å²) in [5.74, 6) is -0.529. The van der Waals surface area contributed by atoms with Gasteiger partial charge in [-0.15, -0.1) is 0 Å². The minimum absolute atomic E-state index is 0.0408. The molecule has 0 bridgehead atoms. The highest BCUT2D eigenvalue weighted by Crippen LogP contribution is 2.33. The van der Waals surface area contributed by atoms with E-state index >= 15 is 0 Å². The van der Waals surface area contributed by atoms with Crippen molar-refractivity contribution in [1.82, 2.24) is 15.1 Å². The number of ether oxygens (including phenoxy) is 1. The lowest BCUT2D eigenvalue weighted by atomic mass is 9.92. The number of nitriles is 1. The first-order chi connectivity index (χ1) is 12.7. The summed E-state index contributed by atoms with van der Waals surface area (Å²) in [7, 11) is 0. The van der Waals surface area contributed by atoms with Crippen LogP contribution in [-0.4, -0.2) is 60.3 Å². The second-order valence-electron chi connectivity index (χ2n) is 8.25. The fraction of sp³-hybridized carbons (Fsp3) is 0.600. The van der Waals surface area contributed by atoms with Crippen LogP contribution in [0.25, 0.3) is 0 Å². The zero-order chi connectivity index (χ0) is 19.8. The van der Waals surface area contributed by atoms with E-state index in [1.54, 1.807) is 17.9 Å². The van der Waals surface area contributed by atoms with Crippen molar-refractivity contribution < 1.29 is 13.9 Å². The van der Waals surface area contributed by atoms with E-state index in [1.165, 1.54) is 6.07 Å². The summed E-state index contributed by atoms with van der Waals surface area (Å²) in [5, 5.41) is 12.7. The maximum Gasteiger partial charge on any atom is 0.410 e. The van der Waals surface area contributed by atoms with E-state index in [2.05, 4.69) is 10.2 Å². The molecule has 1 aromatic carbocycles. The standard InChI is InChI=1S/C20H27FN4O2/c1-13-15(5-6-17(21)16(13)9-22)18-12-24-8-7-23-10-14(24)11-25(18)19(26)27-20(2,3)4/h5-6,14,18,23H,7-8,10-12H2,1-4H3. The third-order valence-electron chi connectivity index (χ3n) is 5.22. The maximum atomic E-state index is 14.0. The van der Waals surface area contributed by atoms with Crippen molar-refractivity contribution in [3.05, 3.63) is 34.6 Å². The molecule has 0 aliphatic carbocycles. The first-order valence-corrected chi connectivity index (χ1v) is 9.34. The first kappa shape index (κ1) is 19.6. The molecule has 3 rings (SSSR count). The molecule has 0 spiro atoms. The molecule has 1 N–H and O–H groups in total. The molecule has 2 aliphatic heterocycles. The van der Waals surface area contributed by atoms with E-state index < -0.39 is 11.4 Å². The van der Waals surface area contributed by atoms with Gasteiger partial charge in [-0.1, -0.05) is 6.07 Å². The number of nitrogens with zero attached hydrogens (tertiary/aromatic N) is 3. The monoisotopic (exact) mass is 374 g/mol. The highest BCUT2D eigenvalue weighted by molar-refractivity contribution is 5.69. The Labute approximate surface area is 159 Å². The van der Waals surface area contributed by atoms with E-state index in [0.717, 1.165) is 25.2 Å². The average Bonchev–Trinajstić information content (AvgIpc) is 2.60. The van der Waals surface area contributed by atoms with E-state index in [1.807, 2.05) is 26.8 Å². The molecule has 0 radical (unpaired) electrons. The maximum absolute atomic E-state index is 14.0. The van der Waals surface area contributed by atoms with E-state index in [9.17, 15) is 14.4 Å². The minimum Gasteiger partial charge on any atom is -0.444 e. The van der Waals surface area contributed by atoms with Crippen molar-refractivity contribution in [2.24, 2.45) is 0 Å². The number of carbonyl (C=O) groups excluding carboxylic acids is 1. The van der Waals surface area contributed by atoms with Gasteiger partial charge in [-0.25, -0.2) is 9.18 Å². The quantitative estimate of drug-likeness (QED) is 0.818. The number of amides is 1. The van der Waals surface area contributed by atoms with Crippen molar-refractivity contribution in [3.8, 4) is 6.07 Å². The summed E-state index contributed by atoms with van der Waals surface area (Å²) in [6.45, 7) is 11.1. The molecule has 146 valence electrons. The Balaban J connectivity index is 1.98. The molecule has 1 amide bonds. The lowest BCUT2D eigenvalue weighted by Gasteiger charge is -2.48. The van der Waals surface area contributed by atoms with Crippen molar-refractivity contribution in [1.29, 1.82) is 5.26 Å². The summed E-state index contributed by atoms with van der Waals surface area (Å²) in [5.41, 5.74) is 0.832. The number of nitrogens with one attached hydrogen (secondary N) is 1. The predicted octanol–water partition coefficient (Wildman–Crippen LogP) is 2.57. The molecule has 6 nitrogen and oxygen atoms in total. The first-order valence-electron chi connectivity index (χ1n) is 9.34. The van der Waals surface area contributed by atoms with Crippen LogP contribution in [0.2, 0.25) is 0 Å². The molecule has 2 unspecified atom stereocenters. The molecule has 1 aromatic rings. The van der Waals surface area contributed by atoms with E-state index in [0.29, 0.717) is 18.7 Å². The van der Waals surface area contributed by atoms with Gasteiger partial charge in [0.25, 0.3) is 0 Å². The predicted molar refractivity (Wildman–Crippen MR) is 99.8 cm³/mol. The van der Waals surface area contributed by atoms with Crippen LogP contribution in [0.1, 0.15) is 43.5 Å². The van der Waals surface area contributed by atoms with Crippen LogP contribution in [0.5, 0.6) is 0 Å². The van der Waals surface area contributed by atoms with Crippen LogP contribution in [-0.2, 0) is 4.74 Å². The van der Waals surface area contributed by atoms with Crippen LogP contribution in [0.15, 0.2) is 12.1 Å². The third-order valence-corrected chi connectivity index (χ3v) is 5.22. The van der Waals surface area contributed by atoms with Gasteiger partial charge in [-0.05, 0) is 44.9 Å². The molecule has 0 aromatic heterocycles. The second-order valence-corrected chi connectivity index (χ2v) is 8.25. The third kappa shape index (κ3) is 4.07. The number of benzene rings is 1. The molecule has 2 aliphatic rings. The van der Waals surface area contributed by atoms with Gasteiger partial charge >= 0.3 is 6.09 Å². The van der Waals surface area contributed by atoms with Crippen molar-refractivity contribution in [3.63, 3.8) is 0 Å². The molecule has 7 heteroatoms. The van der Waals surface area contributed by atoms with Crippen molar-refractivity contribution >= 4 is 6.09 Å². The highest BCUT2D eigenvalue weighted by Gasteiger charge is 2.40. The Kier molecular flexibility index (Phi) is 5.41. The SMILES string of the molecule is Cc1c(C2CN3CCNCC3CN2C(=O)OC(C)(C)C)ccc(F)c1C#N.